The number of anilines is 2. The van der Waals surface area contributed by atoms with Crippen LogP contribution in [0.15, 0.2) is 25.0 Å². The minimum absolute atomic E-state index is 0.225. The van der Waals surface area contributed by atoms with E-state index in [-0.39, 0.29) is 6.61 Å². The van der Waals surface area contributed by atoms with Gasteiger partial charge in [-0.05, 0) is 0 Å². The molecule has 1 saturated heterocycles. The SMILES string of the molecule is C=CCNc1cc(N2CCN(CCO)CC2)ncn1. The summed E-state index contributed by atoms with van der Waals surface area (Å²) in [5, 5.41) is 12.1. The van der Waals surface area contributed by atoms with Gasteiger partial charge in [0.2, 0.25) is 0 Å². The molecule has 2 N–H and O–H groups in total. The van der Waals surface area contributed by atoms with Crippen LogP contribution in [0.2, 0.25) is 0 Å². The van der Waals surface area contributed by atoms with Crippen molar-refractivity contribution < 1.29 is 5.11 Å². The molecule has 1 aliphatic heterocycles. The molecule has 2 heterocycles. The third kappa shape index (κ3) is 3.90. The van der Waals surface area contributed by atoms with Crippen LogP contribution in [0.3, 0.4) is 0 Å². The van der Waals surface area contributed by atoms with Crippen LogP contribution in [0, 0.1) is 0 Å². The summed E-state index contributed by atoms with van der Waals surface area (Å²) in [5.74, 6) is 1.77. The zero-order chi connectivity index (χ0) is 13.5. The normalized spacial score (nSPS) is 16.4. The number of nitrogens with one attached hydrogen (secondary N) is 1. The van der Waals surface area contributed by atoms with Crippen LogP contribution < -0.4 is 10.2 Å². The second-order valence-corrected chi connectivity index (χ2v) is 4.48. The highest BCUT2D eigenvalue weighted by molar-refractivity contribution is 5.48. The Morgan fingerprint density at radius 1 is 1.32 bits per heavy atom. The summed E-state index contributed by atoms with van der Waals surface area (Å²) in [7, 11) is 0. The second-order valence-electron chi connectivity index (χ2n) is 4.48. The van der Waals surface area contributed by atoms with Crippen molar-refractivity contribution in [3.63, 3.8) is 0 Å². The quantitative estimate of drug-likeness (QED) is 0.714. The first-order valence-electron chi connectivity index (χ1n) is 6.58. The van der Waals surface area contributed by atoms with Crippen molar-refractivity contribution in [2.45, 2.75) is 0 Å². The number of aromatic nitrogens is 2. The topological polar surface area (TPSA) is 64.5 Å². The van der Waals surface area contributed by atoms with E-state index < -0.39 is 0 Å². The molecular weight excluding hydrogens is 242 g/mol. The van der Waals surface area contributed by atoms with Crippen molar-refractivity contribution >= 4 is 11.6 Å². The van der Waals surface area contributed by atoms with Gasteiger partial charge < -0.3 is 15.3 Å². The third-order valence-electron chi connectivity index (χ3n) is 3.19. The molecule has 6 nitrogen and oxygen atoms in total. The average molecular weight is 263 g/mol. The van der Waals surface area contributed by atoms with Crippen LogP contribution in [-0.2, 0) is 0 Å². The van der Waals surface area contributed by atoms with E-state index in [9.17, 15) is 0 Å². The van der Waals surface area contributed by atoms with Crippen molar-refractivity contribution in [1.29, 1.82) is 0 Å². The average Bonchev–Trinajstić information content (AvgIpc) is 2.46. The number of piperazine rings is 1. The predicted octanol–water partition coefficient (Wildman–Crippen LogP) is 0.189. The van der Waals surface area contributed by atoms with Crippen LogP contribution >= 0.6 is 0 Å². The third-order valence-corrected chi connectivity index (χ3v) is 3.19. The molecule has 0 bridgehead atoms. The van der Waals surface area contributed by atoms with Gasteiger partial charge in [0.15, 0.2) is 0 Å². The van der Waals surface area contributed by atoms with E-state index in [1.807, 2.05) is 6.07 Å². The van der Waals surface area contributed by atoms with Gasteiger partial charge in [-0.3, -0.25) is 4.90 Å². The Kier molecular flexibility index (Phi) is 5.11. The first-order chi connectivity index (χ1) is 9.33. The zero-order valence-corrected chi connectivity index (χ0v) is 11.1. The molecule has 0 aliphatic carbocycles. The lowest BCUT2D eigenvalue weighted by Gasteiger charge is -2.35. The Hall–Kier alpha value is -1.66. The highest BCUT2D eigenvalue weighted by atomic mass is 16.3. The van der Waals surface area contributed by atoms with Gasteiger partial charge in [-0.1, -0.05) is 6.08 Å². The summed E-state index contributed by atoms with van der Waals surface area (Å²) in [5.41, 5.74) is 0. The highest BCUT2D eigenvalue weighted by Crippen LogP contribution is 2.15. The summed E-state index contributed by atoms with van der Waals surface area (Å²) < 4.78 is 0. The summed E-state index contributed by atoms with van der Waals surface area (Å²) in [6.45, 7) is 9.12. The lowest BCUT2D eigenvalue weighted by atomic mass is 10.3. The molecule has 1 fully saturated rings. The van der Waals surface area contributed by atoms with Crippen LogP contribution in [0.5, 0.6) is 0 Å². The standard InChI is InChI=1S/C13H21N5O/c1-2-3-14-12-10-13(16-11-15-12)18-6-4-17(5-7-18)8-9-19/h2,10-11,19H,1,3-9H2,(H,14,15,16). The molecule has 6 heteroatoms. The number of nitrogens with zero attached hydrogens (tertiary/aromatic N) is 4. The molecule has 0 amide bonds. The van der Waals surface area contributed by atoms with Gasteiger partial charge in [0.1, 0.15) is 18.0 Å². The van der Waals surface area contributed by atoms with Crippen molar-refractivity contribution in [1.82, 2.24) is 14.9 Å². The number of aliphatic hydroxyl groups is 1. The Bertz CT molecular complexity index is 404. The molecule has 0 saturated carbocycles. The van der Waals surface area contributed by atoms with Gasteiger partial charge >= 0.3 is 0 Å². The summed E-state index contributed by atoms with van der Waals surface area (Å²) in [4.78, 5) is 13.0. The molecule has 1 aliphatic rings. The molecule has 0 atom stereocenters. The fourth-order valence-electron chi connectivity index (χ4n) is 2.14. The first-order valence-corrected chi connectivity index (χ1v) is 6.58. The molecule has 19 heavy (non-hydrogen) atoms. The van der Waals surface area contributed by atoms with Crippen LogP contribution in [0.1, 0.15) is 0 Å². The van der Waals surface area contributed by atoms with Crippen LogP contribution in [0.25, 0.3) is 0 Å². The van der Waals surface area contributed by atoms with Gasteiger partial charge in [0, 0.05) is 45.3 Å². The Balaban J connectivity index is 1.93. The minimum atomic E-state index is 0.225. The van der Waals surface area contributed by atoms with Gasteiger partial charge in [0.05, 0.1) is 6.61 Å². The molecule has 0 unspecified atom stereocenters. The number of hydrogen-bond donors (Lipinski definition) is 2. The van der Waals surface area contributed by atoms with E-state index in [0.717, 1.165) is 44.4 Å². The molecule has 1 aromatic heterocycles. The van der Waals surface area contributed by atoms with Crippen LogP contribution in [0.4, 0.5) is 11.6 Å². The van der Waals surface area contributed by atoms with E-state index in [4.69, 9.17) is 5.11 Å². The number of rotatable bonds is 6. The summed E-state index contributed by atoms with van der Waals surface area (Å²) in [6, 6.07) is 1.96. The van der Waals surface area contributed by atoms with E-state index >= 15 is 0 Å². The maximum Gasteiger partial charge on any atom is 0.134 e. The Morgan fingerprint density at radius 2 is 2.11 bits per heavy atom. The number of β-amino-alcohol motifs (C(OH)–C–C–N with tert-alkyl or cyclic N) is 1. The van der Waals surface area contributed by atoms with E-state index in [0.29, 0.717) is 6.54 Å². The second kappa shape index (κ2) is 7.06. The first kappa shape index (κ1) is 13.8. The van der Waals surface area contributed by atoms with Crippen molar-refractivity contribution in [2.75, 3.05) is 56.1 Å². The molecule has 0 spiro atoms. The fraction of sp³-hybridized carbons (Fsp3) is 0.538. The minimum Gasteiger partial charge on any atom is -0.395 e. The van der Waals surface area contributed by atoms with Gasteiger partial charge in [-0.15, -0.1) is 6.58 Å². The van der Waals surface area contributed by atoms with Crippen molar-refractivity contribution in [3.8, 4) is 0 Å². The summed E-state index contributed by atoms with van der Waals surface area (Å²) >= 11 is 0. The van der Waals surface area contributed by atoms with Gasteiger partial charge in [-0.25, -0.2) is 9.97 Å². The maximum atomic E-state index is 8.93. The molecule has 104 valence electrons. The van der Waals surface area contributed by atoms with Crippen LogP contribution in [-0.4, -0.2) is 65.8 Å². The molecule has 0 aromatic carbocycles. The van der Waals surface area contributed by atoms with Crippen molar-refractivity contribution in [3.05, 3.63) is 25.0 Å². The number of hydrogen-bond acceptors (Lipinski definition) is 6. The lowest BCUT2D eigenvalue weighted by Crippen LogP contribution is -2.47. The van der Waals surface area contributed by atoms with E-state index in [1.54, 1.807) is 12.4 Å². The monoisotopic (exact) mass is 263 g/mol. The fourth-order valence-corrected chi connectivity index (χ4v) is 2.14. The molecule has 0 radical (unpaired) electrons. The van der Waals surface area contributed by atoms with Gasteiger partial charge in [-0.2, -0.15) is 0 Å². The largest absolute Gasteiger partial charge is 0.395 e. The number of aliphatic hydroxyl groups excluding tert-OH is 1. The molecular formula is C13H21N5O. The zero-order valence-electron chi connectivity index (χ0n) is 11.1. The molecule has 2 rings (SSSR count). The van der Waals surface area contributed by atoms with Gasteiger partial charge in [0.25, 0.3) is 0 Å². The smallest absolute Gasteiger partial charge is 0.134 e. The van der Waals surface area contributed by atoms with Crippen molar-refractivity contribution in [2.24, 2.45) is 0 Å². The predicted molar refractivity (Wildman–Crippen MR) is 76.5 cm³/mol. The lowest BCUT2D eigenvalue weighted by molar-refractivity contribution is 0.188. The molecule has 1 aromatic rings. The summed E-state index contributed by atoms with van der Waals surface area (Å²) in [6.07, 6.45) is 3.39. The highest BCUT2D eigenvalue weighted by Gasteiger charge is 2.17. The van der Waals surface area contributed by atoms with E-state index in [1.165, 1.54) is 0 Å². The Morgan fingerprint density at radius 3 is 2.79 bits per heavy atom. The maximum absolute atomic E-state index is 8.93. The Labute approximate surface area is 113 Å². The van der Waals surface area contributed by atoms with E-state index in [2.05, 4.69) is 31.7 Å².